The molecule has 1 aliphatic heterocycles. The van der Waals surface area contributed by atoms with E-state index < -0.39 is 29.1 Å². The summed E-state index contributed by atoms with van der Waals surface area (Å²) in [6.45, 7) is 2.83. The molecule has 21 heavy (non-hydrogen) atoms. The largest absolute Gasteiger partial charge is 0.509 e. The maximum atomic E-state index is 11.7. The lowest BCUT2D eigenvalue weighted by molar-refractivity contribution is -0.222. The molecule has 6 heteroatoms. The molecule has 0 saturated carbocycles. The summed E-state index contributed by atoms with van der Waals surface area (Å²) in [6, 6.07) is 9.30. The number of benzene rings is 1. The van der Waals surface area contributed by atoms with E-state index in [9.17, 15) is 14.7 Å². The van der Waals surface area contributed by atoms with E-state index in [1.54, 1.807) is 0 Å². The second-order valence-corrected chi connectivity index (χ2v) is 4.98. The van der Waals surface area contributed by atoms with Crippen molar-refractivity contribution in [3.05, 3.63) is 47.2 Å². The van der Waals surface area contributed by atoms with Gasteiger partial charge in [-0.1, -0.05) is 30.3 Å². The summed E-state index contributed by atoms with van der Waals surface area (Å²) in [6.07, 6.45) is 0. The van der Waals surface area contributed by atoms with Crippen LogP contribution in [-0.4, -0.2) is 29.4 Å². The highest BCUT2D eigenvalue weighted by Gasteiger charge is 2.41. The minimum absolute atomic E-state index is 0.244. The molecule has 0 spiro atoms. The Bertz CT molecular complexity index is 551. The van der Waals surface area contributed by atoms with Gasteiger partial charge < -0.3 is 19.3 Å². The zero-order chi connectivity index (χ0) is 15.5. The van der Waals surface area contributed by atoms with Crippen molar-refractivity contribution in [2.45, 2.75) is 26.2 Å². The first-order chi connectivity index (χ1) is 9.89. The Morgan fingerprint density at radius 1 is 1.14 bits per heavy atom. The molecule has 0 amide bonds. The molecule has 0 radical (unpaired) electrons. The predicted octanol–water partition coefficient (Wildman–Crippen LogP) is 1.85. The smallest absolute Gasteiger partial charge is 0.352 e. The summed E-state index contributed by atoms with van der Waals surface area (Å²) < 4.78 is 15.0. The van der Waals surface area contributed by atoms with E-state index in [1.165, 1.54) is 13.8 Å². The fourth-order valence-electron chi connectivity index (χ4n) is 1.80. The molecular weight excluding hydrogens is 276 g/mol. The maximum absolute atomic E-state index is 11.7. The number of aliphatic hydroxyl groups excluding tert-OH is 1. The Kier molecular flexibility index (Phi) is 4.28. The second kappa shape index (κ2) is 5.97. The Morgan fingerprint density at radius 2 is 1.71 bits per heavy atom. The molecular formula is C15H16O6. The number of aliphatic hydroxyl groups is 1. The average Bonchev–Trinajstić information content (AvgIpc) is 2.37. The zero-order valence-electron chi connectivity index (χ0n) is 11.8. The number of ether oxygens (including phenoxy) is 3. The molecule has 112 valence electrons. The van der Waals surface area contributed by atoms with Gasteiger partial charge >= 0.3 is 11.9 Å². The summed E-state index contributed by atoms with van der Waals surface area (Å²) in [7, 11) is 0. The molecule has 0 atom stereocenters. The summed E-state index contributed by atoms with van der Waals surface area (Å²) in [5.74, 6) is -3.67. The van der Waals surface area contributed by atoms with Crippen LogP contribution in [0.2, 0.25) is 0 Å². The van der Waals surface area contributed by atoms with Crippen molar-refractivity contribution in [2.75, 3.05) is 6.61 Å². The highest BCUT2D eigenvalue weighted by Crippen LogP contribution is 2.24. The number of carbonyl (C=O) groups is 2. The number of cyclic esters (lactones) is 2. The SMILES string of the molecule is CC1(C)OC(=O)C(=C(O)COCc2ccccc2)C(=O)O1. The highest BCUT2D eigenvalue weighted by molar-refractivity contribution is 6.15. The van der Waals surface area contributed by atoms with Gasteiger partial charge in [-0.25, -0.2) is 9.59 Å². The van der Waals surface area contributed by atoms with Gasteiger partial charge in [-0.3, -0.25) is 0 Å². The van der Waals surface area contributed by atoms with E-state index in [2.05, 4.69) is 0 Å². The van der Waals surface area contributed by atoms with Crippen LogP contribution < -0.4 is 0 Å². The molecule has 0 unspecified atom stereocenters. The van der Waals surface area contributed by atoms with Crippen molar-refractivity contribution in [3.63, 3.8) is 0 Å². The van der Waals surface area contributed by atoms with E-state index in [1.807, 2.05) is 30.3 Å². The molecule has 1 aromatic carbocycles. The van der Waals surface area contributed by atoms with Gasteiger partial charge in [0.15, 0.2) is 5.57 Å². The monoisotopic (exact) mass is 292 g/mol. The van der Waals surface area contributed by atoms with Crippen LogP contribution in [0.15, 0.2) is 41.7 Å². The van der Waals surface area contributed by atoms with Crippen molar-refractivity contribution >= 4 is 11.9 Å². The van der Waals surface area contributed by atoms with Crippen LogP contribution in [0.3, 0.4) is 0 Å². The molecule has 6 nitrogen and oxygen atoms in total. The summed E-state index contributed by atoms with van der Waals surface area (Å²) in [5, 5.41) is 9.82. The number of rotatable bonds is 4. The van der Waals surface area contributed by atoms with Crippen LogP contribution in [0, 0.1) is 0 Å². The first-order valence-electron chi connectivity index (χ1n) is 6.39. The van der Waals surface area contributed by atoms with Crippen LogP contribution in [-0.2, 0) is 30.4 Å². The topological polar surface area (TPSA) is 82.1 Å². The molecule has 1 aliphatic rings. The molecule has 1 aromatic rings. The van der Waals surface area contributed by atoms with Gasteiger partial charge in [0, 0.05) is 13.8 Å². The summed E-state index contributed by atoms with van der Waals surface area (Å²) >= 11 is 0. The lowest BCUT2D eigenvalue weighted by atomic mass is 10.2. The van der Waals surface area contributed by atoms with Crippen LogP contribution in [0.5, 0.6) is 0 Å². The van der Waals surface area contributed by atoms with Crippen LogP contribution in [0.4, 0.5) is 0 Å². The lowest BCUT2D eigenvalue weighted by Crippen LogP contribution is -2.42. The Labute approximate surface area is 121 Å². The van der Waals surface area contributed by atoms with E-state index in [-0.39, 0.29) is 13.2 Å². The van der Waals surface area contributed by atoms with Gasteiger partial charge in [0.05, 0.1) is 6.61 Å². The molecule has 0 aromatic heterocycles. The van der Waals surface area contributed by atoms with Gasteiger partial charge in [0.25, 0.3) is 5.79 Å². The van der Waals surface area contributed by atoms with E-state index in [0.29, 0.717) is 0 Å². The standard InChI is InChI=1S/C15H16O6/c1-15(2)20-13(17)12(14(18)21-15)11(16)9-19-8-10-6-4-3-5-7-10/h3-7,16H,8-9H2,1-2H3. The molecule has 1 saturated heterocycles. The van der Waals surface area contributed by atoms with Gasteiger partial charge in [-0.2, -0.15) is 0 Å². The van der Waals surface area contributed by atoms with Crippen LogP contribution in [0.1, 0.15) is 19.4 Å². The quantitative estimate of drug-likeness (QED) is 0.395. The minimum atomic E-state index is -1.33. The first kappa shape index (κ1) is 15.1. The fraction of sp³-hybridized carbons (Fsp3) is 0.333. The number of hydrogen-bond acceptors (Lipinski definition) is 6. The maximum Gasteiger partial charge on any atom is 0.352 e. The molecule has 0 bridgehead atoms. The van der Waals surface area contributed by atoms with E-state index in [4.69, 9.17) is 14.2 Å². The lowest BCUT2D eigenvalue weighted by Gasteiger charge is -2.30. The minimum Gasteiger partial charge on any atom is -0.509 e. The Balaban J connectivity index is 1.99. The van der Waals surface area contributed by atoms with Crippen molar-refractivity contribution in [1.82, 2.24) is 0 Å². The second-order valence-electron chi connectivity index (χ2n) is 4.98. The van der Waals surface area contributed by atoms with Gasteiger partial charge in [0.2, 0.25) is 0 Å². The molecule has 1 fully saturated rings. The van der Waals surface area contributed by atoms with E-state index >= 15 is 0 Å². The molecule has 2 rings (SSSR count). The molecule has 0 aliphatic carbocycles. The summed E-state index contributed by atoms with van der Waals surface area (Å²) in [5.41, 5.74) is 0.382. The number of hydrogen-bond donors (Lipinski definition) is 1. The van der Waals surface area contributed by atoms with Crippen molar-refractivity contribution < 1.29 is 28.9 Å². The molecule has 1 N–H and O–H groups in total. The highest BCUT2D eigenvalue weighted by atomic mass is 16.7. The third-order valence-electron chi connectivity index (χ3n) is 2.72. The van der Waals surface area contributed by atoms with Crippen molar-refractivity contribution in [2.24, 2.45) is 0 Å². The Hall–Kier alpha value is -2.34. The normalized spacial score (nSPS) is 17.1. The van der Waals surface area contributed by atoms with Crippen molar-refractivity contribution in [1.29, 1.82) is 0 Å². The van der Waals surface area contributed by atoms with Gasteiger partial charge in [0.1, 0.15) is 12.4 Å². The van der Waals surface area contributed by atoms with Gasteiger partial charge in [-0.15, -0.1) is 0 Å². The third kappa shape index (κ3) is 3.82. The predicted molar refractivity (Wildman–Crippen MR) is 72.0 cm³/mol. The van der Waals surface area contributed by atoms with Crippen LogP contribution in [0.25, 0.3) is 0 Å². The third-order valence-corrected chi connectivity index (χ3v) is 2.72. The number of esters is 2. The summed E-state index contributed by atoms with van der Waals surface area (Å²) in [4.78, 5) is 23.4. The van der Waals surface area contributed by atoms with Crippen LogP contribution >= 0.6 is 0 Å². The first-order valence-corrected chi connectivity index (χ1v) is 6.39. The average molecular weight is 292 g/mol. The Morgan fingerprint density at radius 3 is 2.29 bits per heavy atom. The zero-order valence-corrected chi connectivity index (χ0v) is 11.8. The van der Waals surface area contributed by atoms with E-state index in [0.717, 1.165) is 5.56 Å². The molecule has 1 heterocycles. The fourth-order valence-corrected chi connectivity index (χ4v) is 1.80. The van der Waals surface area contributed by atoms with Crippen molar-refractivity contribution in [3.8, 4) is 0 Å². The van der Waals surface area contributed by atoms with Gasteiger partial charge in [-0.05, 0) is 5.56 Å². The number of carbonyl (C=O) groups excluding carboxylic acids is 2.